The van der Waals surface area contributed by atoms with Crippen LogP contribution in [-0.4, -0.2) is 48.9 Å². The van der Waals surface area contributed by atoms with Gasteiger partial charge >= 0.3 is 0 Å². The molecule has 4 nitrogen and oxygen atoms in total. The van der Waals surface area contributed by atoms with Crippen LogP contribution in [0.2, 0.25) is 0 Å². The van der Waals surface area contributed by atoms with Gasteiger partial charge in [-0.2, -0.15) is 0 Å². The quantitative estimate of drug-likeness (QED) is 0.696. The maximum atomic E-state index is 11.5. The second kappa shape index (κ2) is 8.82. The molecule has 19 heavy (non-hydrogen) atoms. The maximum Gasteiger partial charge on any atom is 0.230 e. The minimum Gasteiger partial charge on any atom is -0.379 e. The molecule has 1 aliphatic heterocycles. The van der Waals surface area contributed by atoms with Crippen LogP contribution in [0.15, 0.2) is 0 Å². The summed E-state index contributed by atoms with van der Waals surface area (Å²) in [6, 6.07) is 0. The molecule has 0 aromatic heterocycles. The van der Waals surface area contributed by atoms with Gasteiger partial charge in [0.25, 0.3) is 0 Å². The molecule has 1 rings (SSSR count). The van der Waals surface area contributed by atoms with Gasteiger partial charge in [-0.3, -0.25) is 4.79 Å². The predicted octanol–water partition coefficient (Wildman–Crippen LogP) is 2.22. The number of thioether (sulfide) groups is 1. The van der Waals surface area contributed by atoms with Crippen LogP contribution in [0.5, 0.6) is 0 Å². The number of nitrogens with one attached hydrogen (secondary N) is 1. The standard InChI is InChI=1S/C14H27NO3S/c1-14(2,3)19-11-13(16)15-7-5-8-17-10-12-6-4-9-18-12/h12H,4-11H2,1-3H3,(H,15,16). The first kappa shape index (κ1) is 16.8. The minimum absolute atomic E-state index is 0.110. The molecule has 1 aliphatic rings. The largest absolute Gasteiger partial charge is 0.379 e. The average molecular weight is 289 g/mol. The molecule has 1 saturated heterocycles. The Hall–Kier alpha value is -0.260. The van der Waals surface area contributed by atoms with Crippen molar-refractivity contribution in [3.63, 3.8) is 0 Å². The lowest BCUT2D eigenvalue weighted by molar-refractivity contribution is -0.118. The highest BCUT2D eigenvalue weighted by Crippen LogP contribution is 2.22. The van der Waals surface area contributed by atoms with E-state index in [4.69, 9.17) is 9.47 Å². The molecular formula is C14H27NO3S. The van der Waals surface area contributed by atoms with Gasteiger partial charge in [-0.05, 0) is 19.3 Å². The zero-order chi connectivity index (χ0) is 14.1. The highest BCUT2D eigenvalue weighted by Gasteiger charge is 2.15. The summed E-state index contributed by atoms with van der Waals surface area (Å²) in [5.74, 6) is 0.638. The Bertz CT molecular complexity index is 260. The third-order valence-electron chi connectivity index (χ3n) is 2.75. The fraction of sp³-hybridized carbons (Fsp3) is 0.929. The molecule has 0 bridgehead atoms. The van der Waals surface area contributed by atoms with Crippen LogP contribution < -0.4 is 5.32 Å². The highest BCUT2D eigenvalue weighted by molar-refractivity contribution is 8.01. The van der Waals surface area contributed by atoms with Gasteiger partial charge in [0.05, 0.1) is 18.5 Å². The molecule has 0 radical (unpaired) electrons. The first-order chi connectivity index (χ1) is 8.97. The number of rotatable bonds is 8. The fourth-order valence-corrected chi connectivity index (χ4v) is 2.39. The Balaban J connectivity index is 1.88. The Labute approximate surface area is 121 Å². The number of carbonyl (C=O) groups is 1. The highest BCUT2D eigenvalue weighted by atomic mass is 32.2. The van der Waals surface area contributed by atoms with Gasteiger partial charge in [0, 0.05) is 24.5 Å². The summed E-state index contributed by atoms with van der Waals surface area (Å²) in [6.07, 6.45) is 3.41. The van der Waals surface area contributed by atoms with E-state index in [-0.39, 0.29) is 16.8 Å². The SMILES string of the molecule is CC(C)(C)SCC(=O)NCCCOCC1CCCO1. The van der Waals surface area contributed by atoms with E-state index >= 15 is 0 Å². The monoisotopic (exact) mass is 289 g/mol. The molecule has 0 aliphatic carbocycles. The van der Waals surface area contributed by atoms with Crippen molar-refractivity contribution in [2.24, 2.45) is 0 Å². The van der Waals surface area contributed by atoms with Crippen LogP contribution in [0, 0.1) is 0 Å². The summed E-state index contributed by atoms with van der Waals surface area (Å²) in [7, 11) is 0. The Morgan fingerprint density at radius 2 is 2.26 bits per heavy atom. The molecule has 112 valence electrons. The molecule has 0 aromatic rings. The van der Waals surface area contributed by atoms with E-state index in [1.807, 2.05) is 0 Å². The number of ether oxygens (including phenoxy) is 2. The molecule has 1 atom stereocenters. The van der Waals surface area contributed by atoms with Crippen molar-refractivity contribution in [1.29, 1.82) is 0 Å². The summed E-state index contributed by atoms with van der Waals surface area (Å²) >= 11 is 1.67. The molecular weight excluding hydrogens is 262 g/mol. The molecule has 0 saturated carbocycles. The zero-order valence-corrected chi connectivity index (χ0v) is 13.2. The molecule has 0 spiro atoms. The summed E-state index contributed by atoms with van der Waals surface area (Å²) in [5, 5.41) is 2.91. The maximum absolute atomic E-state index is 11.5. The van der Waals surface area contributed by atoms with Crippen LogP contribution >= 0.6 is 11.8 Å². The molecule has 1 amide bonds. The molecule has 0 aromatic carbocycles. The number of hydrogen-bond acceptors (Lipinski definition) is 4. The van der Waals surface area contributed by atoms with Crippen molar-refractivity contribution in [2.75, 3.05) is 32.1 Å². The second-order valence-electron chi connectivity index (χ2n) is 5.81. The summed E-state index contributed by atoms with van der Waals surface area (Å²) in [4.78, 5) is 11.5. The Morgan fingerprint density at radius 3 is 2.89 bits per heavy atom. The van der Waals surface area contributed by atoms with E-state index < -0.39 is 0 Å². The predicted molar refractivity (Wildman–Crippen MR) is 79.6 cm³/mol. The zero-order valence-electron chi connectivity index (χ0n) is 12.4. The molecule has 1 unspecified atom stereocenters. The molecule has 5 heteroatoms. The van der Waals surface area contributed by atoms with Crippen molar-refractivity contribution in [1.82, 2.24) is 5.32 Å². The van der Waals surface area contributed by atoms with E-state index in [2.05, 4.69) is 26.1 Å². The van der Waals surface area contributed by atoms with Crippen LogP contribution in [0.3, 0.4) is 0 Å². The number of hydrogen-bond donors (Lipinski definition) is 1. The number of amides is 1. The smallest absolute Gasteiger partial charge is 0.230 e. The summed E-state index contributed by atoms with van der Waals surface area (Å²) < 4.78 is 11.1. The first-order valence-corrected chi connectivity index (χ1v) is 8.06. The van der Waals surface area contributed by atoms with Gasteiger partial charge in [-0.1, -0.05) is 20.8 Å². The second-order valence-corrected chi connectivity index (χ2v) is 7.62. The van der Waals surface area contributed by atoms with Gasteiger partial charge in [0.15, 0.2) is 0 Å². The minimum atomic E-state index is 0.110. The lowest BCUT2D eigenvalue weighted by atomic mass is 10.2. The molecule has 1 heterocycles. The van der Waals surface area contributed by atoms with Crippen LogP contribution in [0.1, 0.15) is 40.0 Å². The van der Waals surface area contributed by atoms with E-state index in [1.165, 1.54) is 0 Å². The fourth-order valence-electron chi connectivity index (χ4n) is 1.73. The summed E-state index contributed by atoms with van der Waals surface area (Å²) in [6.45, 7) is 9.28. The van der Waals surface area contributed by atoms with Crippen LogP contribution in [0.4, 0.5) is 0 Å². The van der Waals surface area contributed by atoms with E-state index in [1.54, 1.807) is 11.8 Å². The van der Waals surface area contributed by atoms with E-state index in [0.717, 1.165) is 25.9 Å². The van der Waals surface area contributed by atoms with E-state index in [0.29, 0.717) is 25.5 Å². The molecule has 1 fully saturated rings. The lowest BCUT2D eigenvalue weighted by Gasteiger charge is -2.17. The Kier molecular flexibility index (Phi) is 7.80. The number of carbonyl (C=O) groups excluding carboxylic acids is 1. The average Bonchev–Trinajstić information content (AvgIpc) is 2.83. The third-order valence-corrected chi connectivity index (χ3v) is 4.02. The Morgan fingerprint density at radius 1 is 1.47 bits per heavy atom. The van der Waals surface area contributed by atoms with Crippen molar-refractivity contribution in [3.8, 4) is 0 Å². The topological polar surface area (TPSA) is 47.6 Å². The van der Waals surface area contributed by atoms with Gasteiger partial charge in [-0.25, -0.2) is 0 Å². The van der Waals surface area contributed by atoms with Gasteiger partial charge < -0.3 is 14.8 Å². The van der Waals surface area contributed by atoms with Crippen molar-refractivity contribution in [3.05, 3.63) is 0 Å². The van der Waals surface area contributed by atoms with Crippen molar-refractivity contribution >= 4 is 17.7 Å². The third kappa shape index (κ3) is 9.30. The summed E-state index contributed by atoms with van der Waals surface area (Å²) in [5.41, 5.74) is 0. The van der Waals surface area contributed by atoms with Crippen molar-refractivity contribution < 1.29 is 14.3 Å². The normalized spacial score (nSPS) is 19.6. The first-order valence-electron chi connectivity index (χ1n) is 7.07. The van der Waals surface area contributed by atoms with Crippen LogP contribution in [0.25, 0.3) is 0 Å². The van der Waals surface area contributed by atoms with Gasteiger partial charge in [0.1, 0.15) is 0 Å². The van der Waals surface area contributed by atoms with E-state index in [9.17, 15) is 4.79 Å². The van der Waals surface area contributed by atoms with Crippen LogP contribution in [-0.2, 0) is 14.3 Å². The van der Waals surface area contributed by atoms with Gasteiger partial charge in [0.2, 0.25) is 5.91 Å². The molecule has 1 N–H and O–H groups in total. The van der Waals surface area contributed by atoms with Crippen molar-refractivity contribution in [2.45, 2.75) is 50.9 Å². The van der Waals surface area contributed by atoms with Gasteiger partial charge in [-0.15, -0.1) is 11.8 Å². The lowest BCUT2D eigenvalue weighted by Crippen LogP contribution is -2.28.